The molecule has 1 aromatic rings. The lowest BCUT2D eigenvalue weighted by Crippen LogP contribution is -2.44. The van der Waals surface area contributed by atoms with Crippen LogP contribution in [0.3, 0.4) is 0 Å². The van der Waals surface area contributed by atoms with E-state index in [1.54, 1.807) is 6.92 Å². The molecule has 0 radical (unpaired) electrons. The molecule has 0 amide bonds. The van der Waals surface area contributed by atoms with Gasteiger partial charge in [0, 0.05) is 18.0 Å². The van der Waals surface area contributed by atoms with Gasteiger partial charge in [-0.2, -0.15) is 0 Å². The SMILES string of the molecule is CCOC(=O)C1(C(C)=O)OC(=O)c2cnccc21. The summed E-state index contributed by atoms with van der Waals surface area (Å²) >= 11 is 0. The number of carbonyl (C=O) groups excluding carboxylic acids is 3. The van der Waals surface area contributed by atoms with Crippen molar-refractivity contribution in [3.63, 3.8) is 0 Å². The lowest BCUT2D eigenvalue weighted by Gasteiger charge is -2.23. The molecule has 1 aromatic heterocycles. The molecule has 0 spiro atoms. The monoisotopic (exact) mass is 249 g/mol. The van der Waals surface area contributed by atoms with E-state index in [1.165, 1.54) is 25.4 Å². The molecule has 1 aliphatic heterocycles. The maximum Gasteiger partial charge on any atom is 0.363 e. The summed E-state index contributed by atoms with van der Waals surface area (Å²) in [5.41, 5.74) is -1.68. The summed E-state index contributed by atoms with van der Waals surface area (Å²) in [5.74, 6) is -2.23. The Hall–Kier alpha value is -2.24. The molecule has 18 heavy (non-hydrogen) atoms. The van der Waals surface area contributed by atoms with Gasteiger partial charge in [-0.1, -0.05) is 0 Å². The first-order valence-electron chi connectivity index (χ1n) is 5.40. The maximum atomic E-state index is 12.0. The zero-order valence-electron chi connectivity index (χ0n) is 9.93. The Morgan fingerprint density at radius 3 is 2.83 bits per heavy atom. The maximum absolute atomic E-state index is 12.0. The van der Waals surface area contributed by atoms with Gasteiger partial charge < -0.3 is 9.47 Å². The number of fused-ring (bicyclic) bond motifs is 1. The van der Waals surface area contributed by atoms with Crippen LogP contribution in [0.15, 0.2) is 18.5 Å². The van der Waals surface area contributed by atoms with Crippen molar-refractivity contribution in [2.24, 2.45) is 0 Å². The van der Waals surface area contributed by atoms with Crippen LogP contribution in [0.25, 0.3) is 0 Å². The summed E-state index contributed by atoms with van der Waals surface area (Å²) in [5, 5.41) is 0. The van der Waals surface area contributed by atoms with Gasteiger partial charge in [0.25, 0.3) is 5.60 Å². The van der Waals surface area contributed by atoms with Crippen LogP contribution in [0.4, 0.5) is 0 Å². The van der Waals surface area contributed by atoms with E-state index in [9.17, 15) is 14.4 Å². The molecule has 0 aromatic carbocycles. The van der Waals surface area contributed by atoms with Crippen LogP contribution in [-0.2, 0) is 24.7 Å². The van der Waals surface area contributed by atoms with Crippen molar-refractivity contribution in [2.45, 2.75) is 19.4 Å². The van der Waals surface area contributed by atoms with Gasteiger partial charge in [-0.25, -0.2) is 9.59 Å². The summed E-state index contributed by atoms with van der Waals surface area (Å²) in [4.78, 5) is 39.2. The summed E-state index contributed by atoms with van der Waals surface area (Å²) in [6.45, 7) is 2.88. The minimum Gasteiger partial charge on any atom is -0.462 e. The van der Waals surface area contributed by atoms with Crippen molar-refractivity contribution in [1.82, 2.24) is 4.98 Å². The van der Waals surface area contributed by atoms with E-state index >= 15 is 0 Å². The van der Waals surface area contributed by atoms with Gasteiger partial charge >= 0.3 is 11.9 Å². The molecule has 1 unspecified atom stereocenters. The highest BCUT2D eigenvalue weighted by Crippen LogP contribution is 2.38. The van der Waals surface area contributed by atoms with Gasteiger partial charge in [0.05, 0.1) is 12.2 Å². The van der Waals surface area contributed by atoms with Crippen molar-refractivity contribution in [2.75, 3.05) is 6.61 Å². The highest BCUT2D eigenvalue weighted by atomic mass is 16.6. The Morgan fingerprint density at radius 1 is 1.50 bits per heavy atom. The normalized spacial score (nSPS) is 21.1. The number of nitrogens with zero attached hydrogens (tertiary/aromatic N) is 1. The standard InChI is InChI=1S/C12H11NO5/c1-3-17-11(16)12(7(2)14)9-4-5-13-6-8(9)10(15)18-12/h4-6H,3H2,1-2H3. The Morgan fingerprint density at radius 2 is 2.22 bits per heavy atom. The van der Waals surface area contributed by atoms with Crippen molar-refractivity contribution in [1.29, 1.82) is 0 Å². The molecular weight excluding hydrogens is 238 g/mol. The molecule has 0 fully saturated rings. The van der Waals surface area contributed by atoms with Gasteiger partial charge in [-0.3, -0.25) is 9.78 Å². The van der Waals surface area contributed by atoms with Crippen molar-refractivity contribution in [3.05, 3.63) is 29.6 Å². The molecular formula is C12H11NO5. The summed E-state index contributed by atoms with van der Waals surface area (Å²) < 4.78 is 9.83. The first kappa shape index (κ1) is 12.2. The van der Waals surface area contributed by atoms with E-state index in [-0.39, 0.29) is 17.7 Å². The minimum absolute atomic E-state index is 0.0891. The van der Waals surface area contributed by atoms with E-state index in [0.29, 0.717) is 0 Å². The number of carbonyl (C=O) groups is 3. The van der Waals surface area contributed by atoms with Crippen molar-refractivity contribution >= 4 is 17.7 Å². The molecule has 0 aliphatic carbocycles. The number of hydrogen-bond acceptors (Lipinski definition) is 6. The van der Waals surface area contributed by atoms with Crippen LogP contribution in [-0.4, -0.2) is 29.3 Å². The van der Waals surface area contributed by atoms with Gasteiger partial charge in [-0.15, -0.1) is 0 Å². The molecule has 94 valence electrons. The number of ketones is 1. The predicted octanol–water partition coefficient (Wildman–Crippen LogP) is 0.599. The number of Topliss-reactive ketones (excluding diaryl/α,β-unsaturated/α-hetero) is 1. The number of rotatable bonds is 3. The fraction of sp³-hybridized carbons (Fsp3) is 0.333. The lowest BCUT2D eigenvalue weighted by atomic mass is 9.90. The summed E-state index contributed by atoms with van der Waals surface area (Å²) in [6.07, 6.45) is 2.65. The average molecular weight is 249 g/mol. The largest absolute Gasteiger partial charge is 0.462 e. The predicted molar refractivity (Wildman–Crippen MR) is 58.6 cm³/mol. The number of hydrogen-bond donors (Lipinski definition) is 0. The van der Waals surface area contributed by atoms with Crippen molar-refractivity contribution < 1.29 is 23.9 Å². The van der Waals surface area contributed by atoms with E-state index in [2.05, 4.69) is 4.98 Å². The third kappa shape index (κ3) is 1.49. The topological polar surface area (TPSA) is 82.6 Å². The second-order valence-corrected chi connectivity index (χ2v) is 3.77. The second-order valence-electron chi connectivity index (χ2n) is 3.77. The van der Waals surface area contributed by atoms with Crippen LogP contribution < -0.4 is 0 Å². The van der Waals surface area contributed by atoms with Crippen LogP contribution >= 0.6 is 0 Å². The molecule has 0 saturated heterocycles. The Kier molecular flexibility index (Phi) is 2.86. The zero-order chi connectivity index (χ0) is 13.3. The zero-order valence-corrected chi connectivity index (χ0v) is 9.93. The van der Waals surface area contributed by atoms with Crippen LogP contribution in [0.1, 0.15) is 29.8 Å². The molecule has 0 bridgehead atoms. The summed E-state index contributed by atoms with van der Waals surface area (Å²) in [6, 6.07) is 1.42. The Bertz CT molecular complexity index is 539. The highest BCUT2D eigenvalue weighted by Gasteiger charge is 2.57. The highest BCUT2D eigenvalue weighted by molar-refractivity contribution is 6.14. The fourth-order valence-electron chi connectivity index (χ4n) is 1.90. The molecule has 0 saturated carbocycles. The van der Waals surface area contributed by atoms with Gasteiger partial charge in [-0.05, 0) is 19.9 Å². The van der Waals surface area contributed by atoms with E-state index in [4.69, 9.17) is 9.47 Å². The number of aromatic nitrogens is 1. The molecule has 1 atom stereocenters. The second kappa shape index (κ2) is 4.21. The first-order chi connectivity index (χ1) is 8.54. The quantitative estimate of drug-likeness (QED) is 0.576. The van der Waals surface area contributed by atoms with Gasteiger partial charge in [0.1, 0.15) is 0 Å². The van der Waals surface area contributed by atoms with Crippen molar-refractivity contribution in [3.8, 4) is 0 Å². The smallest absolute Gasteiger partial charge is 0.363 e. The Balaban J connectivity index is 2.62. The van der Waals surface area contributed by atoms with Gasteiger partial charge in [0.15, 0.2) is 5.78 Å². The van der Waals surface area contributed by atoms with Crippen LogP contribution in [0.5, 0.6) is 0 Å². The third-order valence-corrected chi connectivity index (χ3v) is 2.72. The molecule has 1 aliphatic rings. The number of ether oxygens (including phenoxy) is 2. The van der Waals surface area contributed by atoms with E-state index in [0.717, 1.165) is 0 Å². The molecule has 2 rings (SSSR count). The minimum atomic E-state index is -1.98. The summed E-state index contributed by atoms with van der Waals surface area (Å²) in [7, 11) is 0. The van der Waals surface area contributed by atoms with Crippen LogP contribution in [0, 0.1) is 0 Å². The molecule has 0 N–H and O–H groups in total. The Labute approximate surface area is 103 Å². The fourth-order valence-corrected chi connectivity index (χ4v) is 1.90. The number of cyclic esters (lactones) is 1. The molecule has 2 heterocycles. The van der Waals surface area contributed by atoms with E-state index in [1.807, 2.05) is 0 Å². The lowest BCUT2D eigenvalue weighted by molar-refractivity contribution is -0.170. The van der Waals surface area contributed by atoms with Crippen LogP contribution in [0.2, 0.25) is 0 Å². The average Bonchev–Trinajstić information content (AvgIpc) is 2.65. The number of pyridine rings is 1. The van der Waals surface area contributed by atoms with Gasteiger partial charge in [0.2, 0.25) is 0 Å². The number of esters is 2. The molecule has 6 nitrogen and oxygen atoms in total. The third-order valence-electron chi connectivity index (χ3n) is 2.72. The van der Waals surface area contributed by atoms with E-state index < -0.39 is 23.3 Å². The first-order valence-corrected chi connectivity index (χ1v) is 5.40. The molecule has 6 heteroatoms.